The monoisotopic (exact) mass is 387 g/mol. The molecule has 0 spiro atoms. The maximum absolute atomic E-state index is 6.40. The average molecular weight is 388 g/mol. The van der Waals surface area contributed by atoms with Gasteiger partial charge in [0.05, 0.1) is 0 Å². The van der Waals surface area contributed by atoms with Crippen molar-refractivity contribution in [3.8, 4) is 11.3 Å². The van der Waals surface area contributed by atoms with Crippen LogP contribution >= 0.6 is 23.2 Å². The van der Waals surface area contributed by atoms with Gasteiger partial charge in [0.15, 0.2) is 0 Å². The topological polar surface area (TPSA) is 4.93 Å². The largest absolute Gasteiger partial charge is 0.344 e. The molecule has 1 nitrogen and oxygen atoms in total. The van der Waals surface area contributed by atoms with E-state index in [2.05, 4.69) is 69.6 Å². The predicted octanol–water partition coefficient (Wildman–Crippen LogP) is 5.85. The number of benzene rings is 2. The van der Waals surface area contributed by atoms with Gasteiger partial charge in [-0.25, -0.2) is 0 Å². The fourth-order valence-electron chi connectivity index (χ4n) is 5.22. The molecule has 1 aromatic heterocycles. The average Bonchev–Trinajstić information content (AvgIpc) is 2.99. The molecule has 1 aliphatic heterocycles. The van der Waals surface area contributed by atoms with Gasteiger partial charge < -0.3 is 4.57 Å². The van der Waals surface area contributed by atoms with Gasteiger partial charge in [0.25, 0.3) is 0 Å². The van der Waals surface area contributed by atoms with Gasteiger partial charge in [0, 0.05) is 33.7 Å². The number of halogens is 2. The molecule has 1 aliphatic rings. The van der Waals surface area contributed by atoms with Crippen LogP contribution in [0.4, 0.5) is 0 Å². The summed E-state index contributed by atoms with van der Waals surface area (Å²) in [5.74, 6) is 0. The summed E-state index contributed by atoms with van der Waals surface area (Å²) >= 11 is 12.8. The van der Waals surface area contributed by atoms with Crippen LogP contribution in [0.1, 0.15) is 27.7 Å². The van der Waals surface area contributed by atoms with Crippen molar-refractivity contribution in [2.75, 3.05) is 0 Å². The van der Waals surface area contributed by atoms with Crippen LogP contribution < -0.4 is 10.4 Å². The standard InChI is InChI=1S/C21H23Cl2NSi/c1-12(2)25(13(3)4)19-9-7-15(23)11-17(19)20-21(25)16-10-14(22)6-8-18(16)24(20)5/h6-13H,1-5H3. The van der Waals surface area contributed by atoms with Gasteiger partial charge in [-0.2, -0.15) is 0 Å². The third-order valence-electron chi connectivity index (χ3n) is 6.08. The third-order valence-corrected chi connectivity index (χ3v) is 12.9. The quantitative estimate of drug-likeness (QED) is 0.486. The summed E-state index contributed by atoms with van der Waals surface area (Å²) in [6.45, 7) is 9.57. The molecule has 25 heavy (non-hydrogen) atoms. The first kappa shape index (κ1) is 17.2. The Balaban J connectivity index is 2.26. The fraction of sp³-hybridized carbons (Fsp3) is 0.333. The van der Waals surface area contributed by atoms with Crippen LogP contribution in [-0.4, -0.2) is 12.6 Å². The Morgan fingerprint density at radius 1 is 0.880 bits per heavy atom. The van der Waals surface area contributed by atoms with Crippen LogP contribution in [0.15, 0.2) is 36.4 Å². The summed E-state index contributed by atoms with van der Waals surface area (Å²) < 4.78 is 2.34. The van der Waals surface area contributed by atoms with Gasteiger partial charge in [0.1, 0.15) is 8.07 Å². The molecule has 0 N–H and O–H groups in total. The van der Waals surface area contributed by atoms with Crippen molar-refractivity contribution in [3.05, 3.63) is 46.4 Å². The molecule has 2 heterocycles. The van der Waals surface area contributed by atoms with E-state index in [1.54, 1.807) is 5.19 Å². The highest BCUT2D eigenvalue weighted by atomic mass is 35.5. The molecule has 0 unspecified atom stereocenters. The summed E-state index contributed by atoms with van der Waals surface area (Å²) in [4.78, 5) is 0. The highest BCUT2D eigenvalue weighted by Crippen LogP contribution is 2.44. The van der Waals surface area contributed by atoms with Crippen LogP contribution in [-0.2, 0) is 7.05 Å². The summed E-state index contributed by atoms with van der Waals surface area (Å²) in [6.07, 6.45) is 0. The molecule has 4 rings (SSSR count). The number of rotatable bonds is 2. The smallest absolute Gasteiger partial charge is 0.127 e. The number of aryl methyl sites for hydroxylation is 1. The number of aromatic nitrogens is 1. The second-order valence-corrected chi connectivity index (χ2v) is 13.8. The van der Waals surface area contributed by atoms with E-state index in [0.29, 0.717) is 11.1 Å². The molecule has 0 radical (unpaired) electrons. The molecule has 130 valence electrons. The second-order valence-electron chi connectivity index (χ2n) is 7.81. The van der Waals surface area contributed by atoms with E-state index in [4.69, 9.17) is 23.2 Å². The first-order chi connectivity index (χ1) is 11.8. The van der Waals surface area contributed by atoms with Crippen molar-refractivity contribution in [1.82, 2.24) is 4.57 Å². The first-order valence-electron chi connectivity index (χ1n) is 8.89. The lowest BCUT2D eigenvalue weighted by molar-refractivity contribution is 0.930. The van der Waals surface area contributed by atoms with E-state index in [1.807, 2.05) is 6.07 Å². The Morgan fingerprint density at radius 2 is 1.48 bits per heavy atom. The minimum absolute atomic E-state index is 0.596. The Hall–Kier alpha value is -1.22. The minimum Gasteiger partial charge on any atom is -0.344 e. The van der Waals surface area contributed by atoms with Crippen molar-refractivity contribution in [1.29, 1.82) is 0 Å². The zero-order valence-corrected chi connectivity index (χ0v) is 17.8. The molecular weight excluding hydrogens is 365 g/mol. The lowest BCUT2D eigenvalue weighted by Gasteiger charge is -2.37. The Morgan fingerprint density at radius 3 is 2.12 bits per heavy atom. The highest BCUT2D eigenvalue weighted by molar-refractivity contribution is 7.08. The van der Waals surface area contributed by atoms with E-state index in [1.165, 1.54) is 27.3 Å². The normalized spacial score (nSPS) is 15.2. The zero-order valence-electron chi connectivity index (χ0n) is 15.3. The van der Waals surface area contributed by atoms with Crippen LogP contribution in [0.25, 0.3) is 22.2 Å². The molecule has 0 fully saturated rings. The van der Waals surface area contributed by atoms with E-state index in [-0.39, 0.29) is 0 Å². The van der Waals surface area contributed by atoms with Crippen molar-refractivity contribution >= 4 is 52.6 Å². The molecule has 3 aromatic rings. The van der Waals surface area contributed by atoms with E-state index >= 15 is 0 Å². The van der Waals surface area contributed by atoms with Gasteiger partial charge in [0.2, 0.25) is 0 Å². The number of hydrogen-bond donors (Lipinski definition) is 0. The minimum atomic E-state index is -1.96. The predicted molar refractivity (Wildman–Crippen MR) is 114 cm³/mol. The van der Waals surface area contributed by atoms with Crippen molar-refractivity contribution in [2.45, 2.75) is 38.8 Å². The Labute approximate surface area is 160 Å². The lowest BCUT2D eigenvalue weighted by atomic mass is 10.1. The van der Waals surface area contributed by atoms with E-state index < -0.39 is 8.07 Å². The van der Waals surface area contributed by atoms with Crippen LogP contribution in [0.5, 0.6) is 0 Å². The lowest BCUT2D eigenvalue weighted by Crippen LogP contribution is -2.60. The summed E-state index contributed by atoms with van der Waals surface area (Å²) in [6, 6.07) is 12.8. The summed E-state index contributed by atoms with van der Waals surface area (Å²) in [7, 11) is 0.216. The molecule has 4 heteroatoms. The molecule has 0 saturated carbocycles. The first-order valence-corrected chi connectivity index (χ1v) is 11.8. The van der Waals surface area contributed by atoms with Crippen molar-refractivity contribution in [3.63, 3.8) is 0 Å². The molecule has 0 atom stereocenters. The Bertz CT molecular complexity index is 993. The SMILES string of the molecule is CC(C)[Si]1(C(C)C)c2ccc(Cl)cc2-c2c1c1cc(Cl)ccc1n2C. The second kappa shape index (κ2) is 5.64. The number of hydrogen-bond acceptors (Lipinski definition) is 0. The van der Waals surface area contributed by atoms with Gasteiger partial charge >= 0.3 is 0 Å². The van der Waals surface area contributed by atoms with Crippen molar-refractivity contribution in [2.24, 2.45) is 7.05 Å². The van der Waals surface area contributed by atoms with Gasteiger partial charge in [-0.3, -0.25) is 0 Å². The van der Waals surface area contributed by atoms with Crippen LogP contribution in [0, 0.1) is 0 Å². The number of fused-ring (bicyclic) bond motifs is 5. The molecule has 0 bridgehead atoms. The van der Waals surface area contributed by atoms with Gasteiger partial charge in [-0.05, 0) is 57.4 Å². The number of nitrogens with zero attached hydrogens (tertiary/aromatic N) is 1. The van der Waals surface area contributed by atoms with Gasteiger partial charge in [-0.15, -0.1) is 0 Å². The van der Waals surface area contributed by atoms with Crippen LogP contribution in [0.3, 0.4) is 0 Å². The van der Waals surface area contributed by atoms with Crippen LogP contribution in [0.2, 0.25) is 21.1 Å². The maximum Gasteiger partial charge on any atom is 0.127 e. The molecule has 0 saturated heterocycles. The maximum atomic E-state index is 6.40. The van der Waals surface area contributed by atoms with Gasteiger partial charge in [-0.1, -0.05) is 57.0 Å². The molecular formula is C21H23Cl2NSi. The van der Waals surface area contributed by atoms with E-state index in [0.717, 1.165) is 10.0 Å². The summed E-state index contributed by atoms with van der Waals surface area (Å²) in [5.41, 5.74) is 5.13. The highest BCUT2D eigenvalue weighted by Gasteiger charge is 2.52. The molecule has 0 aliphatic carbocycles. The molecule has 2 aromatic carbocycles. The van der Waals surface area contributed by atoms with Crippen molar-refractivity contribution < 1.29 is 0 Å². The fourth-order valence-corrected chi connectivity index (χ4v) is 11.9. The third kappa shape index (κ3) is 2.08. The molecule has 0 amide bonds. The summed E-state index contributed by atoms with van der Waals surface area (Å²) in [5, 5.41) is 6.03. The van der Waals surface area contributed by atoms with E-state index in [9.17, 15) is 0 Å². The Kier molecular flexibility index (Phi) is 3.88. The zero-order chi connectivity index (χ0) is 18.1.